The molecule has 0 unspecified atom stereocenters. The fourth-order valence-electron chi connectivity index (χ4n) is 2.81. The molecule has 0 aromatic heterocycles. The molecule has 3 rings (SSSR count). The van der Waals surface area contributed by atoms with Gasteiger partial charge in [-0.25, -0.2) is 9.79 Å². The van der Waals surface area contributed by atoms with Crippen molar-refractivity contribution in [3.8, 4) is 11.5 Å². The molecule has 0 atom stereocenters. The molecule has 0 fully saturated rings. The van der Waals surface area contributed by atoms with Crippen molar-refractivity contribution in [3.05, 3.63) is 63.8 Å². The van der Waals surface area contributed by atoms with Gasteiger partial charge in [-0.1, -0.05) is 44.5 Å². The molecule has 2 aromatic rings. The van der Waals surface area contributed by atoms with E-state index in [0.717, 1.165) is 0 Å². The predicted octanol–water partition coefficient (Wildman–Crippen LogP) is 5.13. The number of esters is 2. The number of hydrogen-bond acceptors (Lipinski definition) is 6. The number of halogens is 1. The van der Waals surface area contributed by atoms with Gasteiger partial charge in [0.15, 0.2) is 17.2 Å². The highest BCUT2D eigenvalue weighted by molar-refractivity contribution is 6.32. The largest absolute Gasteiger partial charge is 0.493 e. The summed E-state index contributed by atoms with van der Waals surface area (Å²) in [5, 5.41) is 0.183. The van der Waals surface area contributed by atoms with Crippen molar-refractivity contribution >= 4 is 35.5 Å². The van der Waals surface area contributed by atoms with E-state index >= 15 is 0 Å². The Morgan fingerprint density at radius 1 is 1.23 bits per heavy atom. The molecule has 1 aliphatic rings. The smallest absolute Gasteiger partial charge is 0.363 e. The quantitative estimate of drug-likeness (QED) is 0.363. The van der Waals surface area contributed by atoms with Gasteiger partial charge < -0.3 is 14.2 Å². The van der Waals surface area contributed by atoms with Gasteiger partial charge in [0.2, 0.25) is 5.90 Å². The molecule has 0 radical (unpaired) electrons. The lowest BCUT2D eigenvalue weighted by Gasteiger charge is -2.11. The van der Waals surface area contributed by atoms with Crippen LogP contribution in [0.5, 0.6) is 11.5 Å². The van der Waals surface area contributed by atoms with Crippen LogP contribution in [0.1, 0.15) is 49.8 Å². The van der Waals surface area contributed by atoms with E-state index in [4.69, 9.17) is 25.8 Å². The molecule has 156 valence electrons. The molecule has 0 bridgehead atoms. The van der Waals surface area contributed by atoms with Gasteiger partial charge in [-0.3, -0.25) is 4.79 Å². The summed E-state index contributed by atoms with van der Waals surface area (Å²) >= 11 is 6.26. The number of carbonyl (C=O) groups excluding carboxylic acids is 2. The first-order valence-electron chi connectivity index (χ1n) is 9.53. The van der Waals surface area contributed by atoms with Crippen LogP contribution in [-0.4, -0.2) is 24.9 Å². The Morgan fingerprint density at radius 2 is 1.93 bits per heavy atom. The van der Waals surface area contributed by atoms with Crippen LogP contribution in [0.25, 0.3) is 6.08 Å². The van der Waals surface area contributed by atoms with Gasteiger partial charge in [-0.05, 0) is 47.4 Å². The van der Waals surface area contributed by atoms with E-state index < -0.39 is 11.9 Å². The van der Waals surface area contributed by atoms with Crippen molar-refractivity contribution in [1.29, 1.82) is 0 Å². The molecule has 1 heterocycles. The monoisotopic (exact) mass is 427 g/mol. The number of ether oxygens (including phenoxy) is 3. The van der Waals surface area contributed by atoms with Crippen molar-refractivity contribution in [2.45, 2.75) is 33.1 Å². The van der Waals surface area contributed by atoms with Gasteiger partial charge in [0.25, 0.3) is 0 Å². The molecule has 0 spiro atoms. The molecule has 7 heteroatoms. The molecule has 1 aliphatic heterocycles. The van der Waals surface area contributed by atoms with E-state index in [2.05, 4.69) is 18.8 Å². The summed E-state index contributed by atoms with van der Waals surface area (Å²) < 4.78 is 15.8. The van der Waals surface area contributed by atoms with E-state index in [9.17, 15) is 9.59 Å². The number of methoxy groups -OCH3 is 1. The van der Waals surface area contributed by atoms with Crippen LogP contribution >= 0.6 is 11.6 Å². The standard InChI is InChI=1S/C23H22ClNO5/c1-5-20(26)29-21-17(24)10-14(12-19(21)28-4)11-18-23(27)30-22(25-18)16-8-6-15(7-9-16)13(2)3/h6-13H,5H2,1-4H3/b18-11-. The summed E-state index contributed by atoms with van der Waals surface area (Å²) in [6, 6.07) is 10.9. The summed E-state index contributed by atoms with van der Waals surface area (Å²) in [6.45, 7) is 5.90. The van der Waals surface area contributed by atoms with Crippen molar-refractivity contribution in [1.82, 2.24) is 0 Å². The number of cyclic esters (lactones) is 1. The van der Waals surface area contributed by atoms with Gasteiger partial charge >= 0.3 is 11.9 Å². The molecule has 0 saturated carbocycles. The average molecular weight is 428 g/mol. The van der Waals surface area contributed by atoms with E-state index in [0.29, 0.717) is 17.0 Å². The third kappa shape index (κ3) is 4.71. The fourth-order valence-corrected chi connectivity index (χ4v) is 3.07. The Bertz CT molecular complexity index is 1040. The van der Waals surface area contributed by atoms with Crippen LogP contribution in [-0.2, 0) is 14.3 Å². The lowest BCUT2D eigenvalue weighted by atomic mass is 10.0. The van der Waals surface area contributed by atoms with E-state index in [-0.39, 0.29) is 34.5 Å². The summed E-state index contributed by atoms with van der Waals surface area (Å²) in [5.74, 6) is 0.0653. The van der Waals surface area contributed by atoms with Crippen LogP contribution in [0.4, 0.5) is 0 Å². The van der Waals surface area contributed by atoms with Crippen molar-refractivity contribution in [2.24, 2.45) is 4.99 Å². The predicted molar refractivity (Wildman–Crippen MR) is 115 cm³/mol. The van der Waals surface area contributed by atoms with Gasteiger partial charge in [0.05, 0.1) is 12.1 Å². The fraction of sp³-hybridized carbons (Fsp3) is 0.261. The van der Waals surface area contributed by atoms with Gasteiger partial charge in [0, 0.05) is 12.0 Å². The number of hydrogen-bond donors (Lipinski definition) is 0. The van der Waals surface area contributed by atoms with Crippen LogP contribution < -0.4 is 9.47 Å². The molecule has 2 aromatic carbocycles. The number of carbonyl (C=O) groups is 2. The minimum absolute atomic E-state index is 0.134. The maximum atomic E-state index is 12.3. The number of rotatable bonds is 6. The highest BCUT2D eigenvalue weighted by Crippen LogP contribution is 2.37. The van der Waals surface area contributed by atoms with Gasteiger partial charge in [0.1, 0.15) is 0 Å². The highest BCUT2D eigenvalue weighted by Gasteiger charge is 2.25. The molecular weight excluding hydrogens is 406 g/mol. The third-order valence-corrected chi connectivity index (χ3v) is 4.79. The topological polar surface area (TPSA) is 74.2 Å². The lowest BCUT2D eigenvalue weighted by Crippen LogP contribution is -2.07. The summed E-state index contributed by atoms with van der Waals surface area (Å²) in [4.78, 5) is 28.2. The van der Waals surface area contributed by atoms with Crippen LogP contribution in [0.2, 0.25) is 5.02 Å². The molecule has 0 aliphatic carbocycles. The summed E-state index contributed by atoms with van der Waals surface area (Å²) in [6.07, 6.45) is 1.74. The van der Waals surface area contributed by atoms with E-state index in [1.807, 2.05) is 24.3 Å². The second-order valence-corrected chi connectivity index (χ2v) is 7.38. The molecule has 6 nitrogen and oxygen atoms in total. The summed E-state index contributed by atoms with van der Waals surface area (Å²) in [7, 11) is 1.44. The number of aliphatic imine (C=N–C) groups is 1. The first-order valence-corrected chi connectivity index (χ1v) is 9.91. The van der Waals surface area contributed by atoms with Gasteiger partial charge in [-0.15, -0.1) is 0 Å². The van der Waals surface area contributed by atoms with Crippen LogP contribution in [0.15, 0.2) is 47.1 Å². The Labute approximate surface area is 180 Å². The van der Waals surface area contributed by atoms with Crippen molar-refractivity contribution in [3.63, 3.8) is 0 Å². The molecule has 30 heavy (non-hydrogen) atoms. The highest BCUT2D eigenvalue weighted by atomic mass is 35.5. The molecule has 0 saturated heterocycles. The normalized spacial score (nSPS) is 14.7. The minimum Gasteiger partial charge on any atom is -0.493 e. The summed E-state index contributed by atoms with van der Waals surface area (Å²) in [5.41, 5.74) is 2.59. The maximum Gasteiger partial charge on any atom is 0.363 e. The first kappa shape index (κ1) is 21.6. The van der Waals surface area contributed by atoms with Gasteiger partial charge in [-0.2, -0.15) is 0 Å². The average Bonchev–Trinajstić information content (AvgIpc) is 3.09. The zero-order valence-electron chi connectivity index (χ0n) is 17.2. The molecule has 0 N–H and O–H groups in total. The molecule has 0 amide bonds. The van der Waals surface area contributed by atoms with E-state index in [1.165, 1.54) is 18.7 Å². The van der Waals surface area contributed by atoms with E-state index in [1.54, 1.807) is 19.1 Å². The number of nitrogens with zero attached hydrogens (tertiary/aromatic N) is 1. The first-order chi connectivity index (χ1) is 14.3. The third-order valence-electron chi connectivity index (χ3n) is 4.50. The van der Waals surface area contributed by atoms with Crippen molar-refractivity contribution in [2.75, 3.05) is 7.11 Å². The second kappa shape index (κ2) is 9.13. The molecular formula is C23H22ClNO5. The zero-order valence-corrected chi connectivity index (χ0v) is 17.9. The number of benzene rings is 2. The lowest BCUT2D eigenvalue weighted by molar-refractivity contribution is -0.134. The Morgan fingerprint density at radius 3 is 2.53 bits per heavy atom. The Balaban J connectivity index is 1.91. The Kier molecular flexibility index (Phi) is 6.57. The van der Waals surface area contributed by atoms with Crippen molar-refractivity contribution < 1.29 is 23.8 Å². The SMILES string of the molecule is CCC(=O)Oc1c(Cl)cc(/C=C2\N=C(c3ccc(C(C)C)cc3)OC2=O)cc1OC. The second-order valence-electron chi connectivity index (χ2n) is 6.97. The maximum absolute atomic E-state index is 12.3. The van der Waals surface area contributed by atoms with Crippen LogP contribution in [0, 0.1) is 0 Å². The van der Waals surface area contributed by atoms with Crippen LogP contribution in [0.3, 0.4) is 0 Å². The minimum atomic E-state index is -0.561. The Hall–Kier alpha value is -3.12. The zero-order chi connectivity index (χ0) is 21.8.